The van der Waals surface area contributed by atoms with Crippen LogP contribution in [0, 0.1) is 5.82 Å². The van der Waals surface area contributed by atoms with Gasteiger partial charge in [0.15, 0.2) is 5.17 Å². The van der Waals surface area contributed by atoms with E-state index in [4.69, 9.17) is 23.2 Å². The van der Waals surface area contributed by atoms with Crippen molar-refractivity contribution in [3.63, 3.8) is 0 Å². The minimum Gasteiger partial charge on any atom is -0.207 e. The highest BCUT2D eigenvalue weighted by Gasteiger charge is 2.13. The third-order valence-electron chi connectivity index (χ3n) is 2.47. The van der Waals surface area contributed by atoms with Gasteiger partial charge in [0.25, 0.3) is 10.0 Å². The maximum atomic E-state index is 12.9. The largest absolute Gasteiger partial charge is 0.276 e. The molecule has 0 saturated carbocycles. The van der Waals surface area contributed by atoms with Crippen LogP contribution in [0.15, 0.2) is 58.5 Å². The van der Waals surface area contributed by atoms with Crippen LogP contribution in [0.25, 0.3) is 0 Å². The number of nitrogens with zero attached hydrogens (tertiary/aromatic N) is 1. The number of sulfonamides is 1. The first-order valence-electron chi connectivity index (χ1n) is 5.65. The highest BCUT2D eigenvalue weighted by atomic mass is 35.5. The van der Waals surface area contributed by atoms with Crippen molar-refractivity contribution in [3.05, 3.63) is 64.9 Å². The van der Waals surface area contributed by atoms with Crippen molar-refractivity contribution in [2.45, 2.75) is 4.90 Å². The van der Waals surface area contributed by atoms with E-state index in [0.29, 0.717) is 0 Å². The Hall–Kier alpha value is -1.63. The molecule has 0 spiro atoms. The highest BCUT2D eigenvalue weighted by molar-refractivity contribution is 7.89. The molecule has 21 heavy (non-hydrogen) atoms. The molecule has 110 valence electrons. The molecule has 0 fully saturated rings. The fourth-order valence-corrected chi connectivity index (χ4v) is 2.86. The number of nitrogens with one attached hydrogen (secondary N) is 1. The fourth-order valence-electron chi connectivity index (χ4n) is 1.47. The van der Waals surface area contributed by atoms with E-state index in [9.17, 15) is 12.8 Å². The van der Waals surface area contributed by atoms with Crippen molar-refractivity contribution in [1.82, 2.24) is 4.83 Å². The van der Waals surface area contributed by atoms with Gasteiger partial charge in [-0.25, -0.2) is 4.39 Å². The van der Waals surface area contributed by atoms with E-state index in [1.54, 1.807) is 18.2 Å². The summed E-state index contributed by atoms with van der Waals surface area (Å²) in [6.07, 6.45) is 0. The smallest absolute Gasteiger partial charge is 0.207 e. The van der Waals surface area contributed by atoms with Crippen LogP contribution in [0.5, 0.6) is 0 Å². The third kappa shape index (κ3) is 3.93. The van der Waals surface area contributed by atoms with Crippen LogP contribution in [0.4, 0.5) is 4.39 Å². The molecule has 0 aliphatic heterocycles. The predicted molar refractivity (Wildman–Crippen MR) is 80.6 cm³/mol. The van der Waals surface area contributed by atoms with Crippen molar-refractivity contribution in [1.29, 1.82) is 0 Å². The zero-order valence-electron chi connectivity index (χ0n) is 10.4. The molecule has 0 unspecified atom stereocenters. The van der Waals surface area contributed by atoms with Gasteiger partial charge in [-0.15, -0.1) is 0 Å². The average molecular weight is 347 g/mol. The van der Waals surface area contributed by atoms with E-state index in [-0.39, 0.29) is 20.7 Å². The Balaban J connectivity index is 2.24. The summed E-state index contributed by atoms with van der Waals surface area (Å²) in [5.41, 5.74) is 0.218. The van der Waals surface area contributed by atoms with Gasteiger partial charge in [0.05, 0.1) is 9.92 Å². The van der Waals surface area contributed by atoms with E-state index in [1.165, 1.54) is 18.2 Å². The van der Waals surface area contributed by atoms with Crippen LogP contribution < -0.4 is 4.83 Å². The lowest BCUT2D eigenvalue weighted by Gasteiger charge is -2.05. The number of hydrogen-bond donors (Lipinski definition) is 1. The van der Waals surface area contributed by atoms with Crippen molar-refractivity contribution in [2.24, 2.45) is 5.10 Å². The molecular formula is C13H9Cl2FN2O2S. The van der Waals surface area contributed by atoms with Crippen molar-refractivity contribution in [2.75, 3.05) is 0 Å². The number of hydrogen-bond acceptors (Lipinski definition) is 3. The summed E-state index contributed by atoms with van der Waals surface area (Å²) in [6, 6.07) is 11.2. The zero-order chi connectivity index (χ0) is 15.5. The maximum absolute atomic E-state index is 12.9. The number of benzene rings is 2. The quantitative estimate of drug-likeness (QED) is 0.681. The first-order valence-corrected chi connectivity index (χ1v) is 7.89. The second-order valence-corrected chi connectivity index (χ2v) is 6.36. The maximum Gasteiger partial charge on any atom is 0.276 e. The Labute approximate surface area is 131 Å². The van der Waals surface area contributed by atoms with Crippen LogP contribution in [0.1, 0.15) is 5.56 Å². The van der Waals surface area contributed by atoms with Crippen molar-refractivity contribution < 1.29 is 12.8 Å². The monoisotopic (exact) mass is 346 g/mol. The minimum absolute atomic E-state index is 0.0302. The van der Waals surface area contributed by atoms with Crippen LogP contribution in [0.2, 0.25) is 5.02 Å². The summed E-state index contributed by atoms with van der Waals surface area (Å²) in [7, 11) is -3.82. The van der Waals surface area contributed by atoms with E-state index in [1.807, 2.05) is 4.83 Å². The normalized spacial score (nSPS) is 12.2. The highest BCUT2D eigenvalue weighted by Crippen LogP contribution is 2.19. The van der Waals surface area contributed by atoms with Gasteiger partial charge in [-0.1, -0.05) is 41.4 Å². The van der Waals surface area contributed by atoms with Crippen LogP contribution >= 0.6 is 23.2 Å². The second kappa shape index (κ2) is 6.43. The molecule has 0 aromatic heterocycles. The van der Waals surface area contributed by atoms with Gasteiger partial charge < -0.3 is 0 Å². The number of hydrazone groups is 1. The molecule has 4 nitrogen and oxygen atoms in total. The predicted octanol–water partition coefficient (Wildman–Crippen LogP) is 3.36. The van der Waals surface area contributed by atoms with Gasteiger partial charge in [-0.2, -0.15) is 18.4 Å². The molecule has 0 bridgehead atoms. The van der Waals surface area contributed by atoms with Gasteiger partial charge in [-0.3, -0.25) is 0 Å². The van der Waals surface area contributed by atoms with E-state index in [2.05, 4.69) is 5.10 Å². The molecule has 0 aliphatic carbocycles. The van der Waals surface area contributed by atoms with Gasteiger partial charge in [0.2, 0.25) is 0 Å². The molecule has 2 aromatic rings. The van der Waals surface area contributed by atoms with Crippen LogP contribution in [-0.4, -0.2) is 13.6 Å². The molecule has 0 atom stereocenters. The van der Waals surface area contributed by atoms with Gasteiger partial charge in [0, 0.05) is 5.56 Å². The fraction of sp³-hybridized carbons (Fsp3) is 0. The summed E-state index contributed by atoms with van der Waals surface area (Å²) < 4.78 is 36.8. The molecule has 0 saturated heterocycles. The minimum atomic E-state index is -3.82. The Bertz CT molecular complexity index is 780. The Kier molecular flexibility index (Phi) is 4.82. The first-order chi connectivity index (χ1) is 9.90. The third-order valence-corrected chi connectivity index (χ3v) is 4.30. The lowest BCUT2D eigenvalue weighted by molar-refractivity contribution is 0.584. The summed E-state index contributed by atoms with van der Waals surface area (Å²) >= 11 is 11.7. The van der Waals surface area contributed by atoms with Crippen molar-refractivity contribution >= 4 is 38.4 Å². The van der Waals surface area contributed by atoms with Crippen molar-refractivity contribution in [3.8, 4) is 0 Å². The summed E-state index contributed by atoms with van der Waals surface area (Å²) in [5.74, 6) is -0.530. The molecular weight excluding hydrogens is 338 g/mol. The van der Waals surface area contributed by atoms with Crippen LogP contribution in [0.3, 0.4) is 0 Å². The zero-order valence-corrected chi connectivity index (χ0v) is 12.8. The molecule has 1 N–H and O–H groups in total. The Morgan fingerprint density at radius 1 is 1.14 bits per heavy atom. The van der Waals surface area contributed by atoms with Gasteiger partial charge >= 0.3 is 0 Å². The molecule has 0 heterocycles. The van der Waals surface area contributed by atoms with Gasteiger partial charge in [-0.05, 0) is 30.3 Å². The number of rotatable bonds is 4. The molecule has 8 heteroatoms. The molecule has 2 aromatic carbocycles. The molecule has 0 radical (unpaired) electrons. The average Bonchev–Trinajstić information content (AvgIpc) is 2.46. The standard InChI is InChI=1S/C13H9Cl2FN2O2S/c14-12-8-9(16)6-7-11(12)13(15)17-18-21(19,20)10-4-2-1-3-5-10/h1-8,18H. The van der Waals surface area contributed by atoms with E-state index >= 15 is 0 Å². The summed E-state index contributed by atoms with van der Waals surface area (Å²) in [6.45, 7) is 0. The second-order valence-electron chi connectivity index (χ2n) is 3.93. The molecule has 2 rings (SSSR count). The number of halogens is 3. The van der Waals surface area contributed by atoms with Gasteiger partial charge in [0.1, 0.15) is 5.82 Å². The molecule has 0 amide bonds. The van der Waals surface area contributed by atoms with E-state index < -0.39 is 15.8 Å². The Morgan fingerprint density at radius 3 is 2.43 bits per heavy atom. The van der Waals surface area contributed by atoms with Crippen LogP contribution in [-0.2, 0) is 10.0 Å². The summed E-state index contributed by atoms with van der Waals surface area (Å²) in [4.78, 5) is 2.04. The lowest BCUT2D eigenvalue weighted by Crippen LogP contribution is -2.19. The Morgan fingerprint density at radius 2 is 1.81 bits per heavy atom. The molecule has 0 aliphatic rings. The summed E-state index contributed by atoms with van der Waals surface area (Å²) in [5, 5.41) is 3.41. The SMILES string of the molecule is O=S(=O)(NN=C(Cl)c1ccc(F)cc1Cl)c1ccccc1. The lowest BCUT2D eigenvalue weighted by atomic mass is 10.2. The van der Waals surface area contributed by atoms with E-state index in [0.717, 1.165) is 12.1 Å². The first kappa shape index (κ1) is 15.8. The topological polar surface area (TPSA) is 58.5 Å².